The zero-order valence-corrected chi connectivity index (χ0v) is 9.74. The lowest BCUT2D eigenvalue weighted by Gasteiger charge is -2.14. The molecule has 1 atom stereocenters. The molecule has 0 saturated carbocycles. The lowest BCUT2D eigenvalue weighted by atomic mass is 9.98. The molecule has 0 amide bonds. The molecular weight excluding hydrogens is 243 g/mol. The largest absolute Gasteiger partial charge is 0.417 e. The molecule has 1 aliphatic rings. The maximum atomic E-state index is 12.9. The highest BCUT2D eigenvalue weighted by atomic mass is 19.4. The average molecular weight is 257 g/mol. The second kappa shape index (κ2) is 5.10. The van der Waals surface area contributed by atoms with Crippen LogP contribution in [0.1, 0.15) is 36.8 Å². The number of alkyl halides is 3. The van der Waals surface area contributed by atoms with Gasteiger partial charge in [0.25, 0.3) is 0 Å². The highest BCUT2D eigenvalue weighted by molar-refractivity contribution is 5.68. The van der Waals surface area contributed by atoms with Gasteiger partial charge >= 0.3 is 6.18 Å². The molecule has 98 valence electrons. The van der Waals surface area contributed by atoms with Crippen molar-refractivity contribution in [2.45, 2.75) is 38.0 Å². The SMILES string of the molecule is OC1C=C(c2cnccc2C(F)(F)F)CCCC1. The number of nitrogens with zero attached hydrogens (tertiary/aromatic N) is 1. The third-order valence-corrected chi connectivity index (χ3v) is 3.06. The molecule has 0 bridgehead atoms. The molecule has 18 heavy (non-hydrogen) atoms. The smallest absolute Gasteiger partial charge is 0.389 e. The summed E-state index contributed by atoms with van der Waals surface area (Å²) in [5, 5.41) is 9.64. The lowest BCUT2D eigenvalue weighted by Crippen LogP contribution is -2.10. The molecule has 1 N–H and O–H groups in total. The number of hydrogen-bond donors (Lipinski definition) is 1. The van der Waals surface area contributed by atoms with Crippen molar-refractivity contribution < 1.29 is 18.3 Å². The maximum absolute atomic E-state index is 12.9. The number of aliphatic hydroxyl groups excluding tert-OH is 1. The van der Waals surface area contributed by atoms with Gasteiger partial charge in [-0.15, -0.1) is 0 Å². The van der Waals surface area contributed by atoms with E-state index in [1.807, 2.05) is 0 Å². The summed E-state index contributed by atoms with van der Waals surface area (Å²) >= 11 is 0. The number of halogens is 3. The predicted octanol–water partition coefficient (Wildman–Crippen LogP) is 3.42. The van der Waals surface area contributed by atoms with Crippen LogP contribution in [0.3, 0.4) is 0 Å². The Kier molecular flexibility index (Phi) is 3.71. The van der Waals surface area contributed by atoms with Crippen LogP contribution in [0.4, 0.5) is 13.2 Å². The van der Waals surface area contributed by atoms with Gasteiger partial charge < -0.3 is 5.11 Å². The predicted molar refractivity (Wildman–Crippen MR) is 61.7 cm³/mol. The topological polar surface area (TPSA) is 33.1 Å². The molecule has 1 aromatic heterocycles. The molecule has 0 saturated heterocycles. The molecule has 1 unspecified atom stereocenters. The van der Waals surface area contributed by atoms with Crippen LogP contribution in [0.2, 0.25) is 0 Å². The molecule has 0 spiro atoms. The quantitative estimate of drug-likeness (QED) is 0.836. The van der Waals surface area contributed by atoms with E-state index in [0.29, 0.717) is 18.4 Å². The summed E-state index contributed by atoms with van der Waals surface area (Å²) in [5.74, 6) is 0. The molecule has 1 aliphatic carbocycles. The molecule has 0 fully saturated rings. The van der Waals surface area contributed by atoms with Gasteiger partial charge in [-0.05, 0) is 30.9 Å². The van der Waals surface area contributed by atoms with Crippen molar-refractivity contribution >= 4 is 5.57 Å². The van der Waals surface area contributed by atoms with Crippen molar-refractivity contribution in [1.29, 1.82) is 0 Å². The van der Waals surface area contributed by atoms with Crippen LogP contribution in [0.15, 0.2) is 24.5 Å². The molecule has 2 rings (SSSR count). The number of pyridine rings is 1. The van der Waals surface area contributed by atoms with Crippen LogP contribution in [-0.2, 0) is 6.18 Å². The number of allylic oxidation sites excluding steroid dienone is 1. The van der Waals surface area contributed by atoms with Crippen LogP contribution < -0.4 is 0 Å². The van der Waals surface area contributed by atoms with Crippen molar-refractivity contribution in [3.8, 4) is 0 Å². The molecule has 2 nitrogen and oxygen atoms in total. The second-order valence-electron chi connectivity index (χ2n) is 4.42. The molecule has 0 radical (unpaired) electrons. The van der Waals surface area contributed by atoms with Gasteiger partial charge in [0.05, 0.1) is 11.7 Å². The summed E-state index contributed by atoms with van der Waals surface area (Å²) in [4.78, 5) is 3.77. The van der Waals surface area contributed by atoms with Gasteiger partial charge in [-0.3, -0.25) is 4.98 Å². The lowest BCUT2D eigenvalue weighted by molar-refractivity contribution is -0.137. The Morgan fingerprint density at radius 1 is 1.28 bits per heavy atom. The third-order valence-electron chi connectivity index (χ3n) is 3.06. The van der Waals surface area contributed by atoms with Crippen molar-refractivity contribution in [3.63, 3.8) is 0 Å². The first-order chi connectivity index (χ1) is 8.48. The van der Waals surface area contributed by atoms with Crippen LogP contribution in [0, 0.1) is 0 Å². The Labute approximate surface area is 103 Å². The van der Waals surface area contributed by atoms with Crippen LogP contribution in [0.5, 0.6) is 0 Å². The van der Waals surface area contributed by atoms with Gasteiger partial charge in [0.2, 0.25) is 0 Å². The van der Waals surface area contributed by atoms with E-state index in [1.54, 1.807) is 0 Å². The summed E-state index contributed by atoms with van der Waals surface area (Å²) in [5.41, 5.74) is -0.0516. The Balaban J connectivity index is 2.44. The minimum absolute atomic E-state index is 0.0888. The van der Waals surface area contributed by atoms with Crippen molar-refractivity contribution in [1.82, 2.24) is 4.98 Å². The minimum Gasteiger partial charge on any atom is -0.389 e. The van der Waals surface area contributed by atoms with Gasteiger partial charge in [-0.2, -0.15) is 13.2 Å². The normalized spacial score (nSPS) is 21.3. The highest BCUT2D eigenvalue weighted by Crippen LogP contribution is 2.36. The maximum Gasteiger partial charge on any atom is 0.417 e. The zero-order valence-electron chi connectivity index (χ0n) is 9.74. The van der Waals surface area contributed by atoms with Crippen LogP contribution >= 0.6 is 0 Å². The third kappa shape index (κ3) is 2.90. The fraction of sp³-hybridized carbons (Fsp3) is 0.462. The van der Waals surface area contributed by atoms with E-state index < -0.39 is 17.8 Å². The average Bonchev–Trinajstić information content (AvgIpc) is 2.53. The van der Waals surface area contributed by atoms with Gasteiger partial charge in [0.15, 0.2) is 0 Å². The monoisotopic (exact) mass is 257 g/mol. The number of aromatic nitrogens is 1. The van der Waals surface area contributed by atoms with Gasteiger partial charge in [-0.25, -0.2) is 0 Å². The van der Waals surface area contributed by atoms with E-state index in [0.717, 1.165) is 25.1 Å². The first kappa shape index (κ1) is 13.1. The van der Waals surface area contributed by atoms with Gasteiger partial charge in [0, 0.05) is 18.0 Å². The summed E-state index contributed by atoms with van der Waals surface area (Å²) in [6.07, 6.45) is 1.60. The molecular formula is C13H14F3NO. The fourth-order valence-electron chi connectivity index (χ4n) is 2.19. The molecule has 0 aliphatic heterocycles. The van der Waals surface area contributed by atoms with Crippen molar-refractivity contribution in [2.75, 3.05) is 0 Å². The van der Waals surface area contributed by atoms with E-state index in [2.05, 4.69) is 4.98 Å². The summed E-state index contributed by atoms with van der Waals surface area (Å²) < 4.78 is 38.7. The first-order valence-electron chi connectivity index (χ1n) is 5.89. The second-order valence-corrected chi connectivity index (χ2v) is 4.42. The first-order valence-corrected chi connectivity index (χ1v) is 5.89. The molecule has 1 heterocycles. The van der Waals surface area contributed by atoms with E-state index in [1.165, 1.54) is 12.3 Å². The van der Waals surface area contributed by atoms with E-state index >= 15 is 0 Å². The Morgan fingerprint density at radius 3 is 2.78 bits per heavy atom. The highest BCUT2D eigenvalue weighted by Gasteiger charge is 2.34. The van der Waals surface area contributed by atoms with Crippen LogP contribution in [0.25, 0.3) is 5.57 Å². The summed E-state index contributed by atoms with van der Waals surface area (Å²) in [6, 6.07) is 0.980. The van der Waals surface area contributed by atoms with Crippen molar-refractivity contribution in [2.24, 2.45) is 0 Å². The number of aliphatic hydroxyl groups is 1. The van der Waals surface area contributed by atoms with E-state index in [-0.39, 0.29) is 5.56 Å². The summed E-state index contributed by atoms with van der Waals surface area (Å²) in [6.45, 7) is 0. The number of rotatable bonds is 1. The molecule has 1 aromatic rings. The Bertz CT molecular complexity index is 454. The van der Waals surface area contributed by atoms with Crippen LogP contribution in [-0.4, -0.2) is 16.2 Å². The number of hydrogen-bond acceptors (Lipinski definition) is 2. The molecule has 5 heteroatoms. The summed E-state index contributed by atoms with van der Waals surface area (Å²) in [7, 11) is 0. The standard InChI is InChI=1S/C13H14F3NO/c14-13(15,16)12-5-6-17-8-11(12)9-3-1-2-4-10(18)7-9/h5-8,10,18H,1-4H2. The Morgan fingerprint density at radius 2 is 2.06 bits per heavy atom. The van der Waals surface area contributed by atoms with E-state index in [9.17, 15) is 18.3 Å². The van der Waals surface area contributed by atoms with E-state index in [4.69, 9.17) is 0 Å². The zero-order chi connectivity index (χ0) is 13.2. The fourth-order valence-corrected chi connectivity index (χ4v) is 2.19. The van der Waals surface area contributed by atoms with Gasteiger partial charge in [-0.1, -0.05) is 12.5 Å². The van der Waals surface area contributed by atoms with Gasteiger partial charge in [0.1, 0.15) is 0 Å². The minimum atomic E-state index is -4.39. The Hall–Kier alpha value is -1.36. The van der Waals surface area contributed by atoms with Crippen molar-refractivity contribution in [3.05, 3.63) is 35.7 Å². The molecule has 0 aromatic carbocycles.